The minimum Gasteiger partial charge on any atom is -0.459 e. The number of likely N-dealkylation sites (N-methyl/N-ethyl adjacent to an activating group) is 1. The summed E-state index contributed by atoms with van der Waals surface area (Å²) in [5.41, 5.74) is 1.33. The van der Waals surface area contributed by atoms with E-state index in [-0.39, 0.29) is 31.4 Å². The average Bonchev–Trinajstić information content (AvgIpc) is 3.17. The van der Waals surface area contributed by atoms with Gasteiger partial charge in [0.2, 0.25) is 0 Å². The van der Waals surface area contributed by atoms with Crippen LogP contribution in [0.15, 0.2) is 5.16 Å². The number of oxime groups is 1. The van der Waals surface area contributed by atoms with E-state index in [1.807, 2.05) is 32.8 Å². The first-order valence-corrected chi connectivity index (χ1v) is 21.9. The van der Waals surface area contributed by atoms with Crippen molar-refractivity contribution in [3.63, 3.8) is 0 Å². The van der Waals surface area contributed by atoms with Gasteiger partial charge in [0.05, 0.1) is 53.4 Å². The molecule has 0 amide bonds. The van der Waals surface area contributed by atoms with Crippen molar-refractivity contribution in [3.8, 4) is 0 Å². The Kier molecular flexibility index (Phi) is 19.5. The smallest absolute Gasteiger partial charge is 0.311 e. The number of hydrogen-bond acceptors (Lipinski definition) is 16. The van der Waals surface area contributed by atoms with E-state index in [4.69, 9.17) is 39.0 Å². The van der Waals surface area contributed by atoms with Crippen LogP contribution in [0.25, 0.3) is 0 Å². The molecular formula is C43H81N3O13. The third-order valence-corrected chi connectivity index (χ3v) is 13.2. The van der Waals surface area contributed by atoms with Crippen LogP contribution in [-0.2, 0) is 38.1 Å². The quantitative estimate of drug-likeness (QED) is 0.0840. The van der Waals surface area contributed by atoms with Gasteiger partial charge in [-0.05, 0) is 101 Å². The summed E-state index contributed by atoms with van der Waals surface area (Å²) in [5, 5.41) is 63.9. The van der Waals surface area contributed by atoms with Crippen LogP contribution in [0.2, 0.25) is 0 Å². The molecule has 3 heterocycles. The van der Waals surface area contributed by atoms with Crippen LogP contribution >= 0.6 is 0 Å². The van der Waals surface area contributed by atoms with Crippen molar-refractivity contribution in [2.75, 3.05) is 34.4 Å². The number of methoxy groups -OCH3 is 1. The van der Waals surface area contributed by atoms with Crippen LogP contribution in [0.5, 0.6) is 0 Å². The highest BCUT2D eigenvalue weighted by Gasteiger charge is 2.53. The van der Waals surface area contributed by atoms with E-state index in [9.17, 15) is 30.3 Å². The number of nitrogens with zero attached hydrogens (tertiary/aromatic N) is 2. The number of cyclic esters (lactones) is 1. The van der Waals surface area contributed by atoms with Gasteiger partial charge in [-0.2, -0.15) is 0 Å². The predicted molar refractivity (Wildman–Crippen MR) is 222 cm³/mol. The van der Waals surface area contributed by atoms with E-state index in [0.717, 1.165) is 25.7 Å². The molecule has 3 rings (SSSR count). The topological polar surface area (TPSA) is 224 Å². The van der Waals surface area contributed by atoms with E-state index < -0.39 is 102 Å². The molecule has 0 aromatic carbocycles. The summed E-state index contributed by atoms with van der Waals surface area (Å²) in [5.74, 6) is -3.96. The number of esters is 1. The Hall–Kier alpha value is -1.54. The number of carbonyl (C=O) groups is 1. The van der Waals surface area contributed by atoms with Gasteiger partial charge in [-0.1, -0.05) is 39.3 Å². The zero-order valence-corrected chi connectivity index (χ0v) is 38.2. The molecular weight excluding hydrogens is 766 g/mol. The fraction of sp³-hybridized carbons (Fsp3) is 0.953. The van der Waals surface area contributed by atoms with Crippen molar-refractivity contribution in [2.45, 2.75) is 205 Å². The molecule has 0 saturated carbocycles. The van der Waals surface area contributed by atoms with Crippen molar-refractivity contribution in [2.24, 2.45) is 34.6 Å². The first-order chi connectivity index (χ1) is 27.5. The maximum atomic E-state index is 14.4. The number of unbranched alkanes of at least 4 members (excludes halogenated alkanes) is 3. The molecule has 0 bridgehead atoms. The Morgan fingerprint density at radius 1 is 0.898 bits per heavy atom. The second-order valence-electron chi connectivity index (χ2n) is 18.6. The van der Waals surface area contributed by atoms with Crippen LogP contribution in [0, 0.1) is 23.7 Å². The van der Waals surface area contributed by atoms with Crippen LogP contribution in [0.4, 0.5) is 0 Å². The Bertz CT molecular complexity index is 1320. The van der Waals surface area contributed by atoms with Crippen LogP contribution in [-0.4, -0.2) is 161 Å². The van der Waals surface area contributed by atoms with Gasteiger partial charge in [0.25, 0.3) is 0 Å². The third kappa shape index (κ3) is 12.8. The van der Waals surface area contributed by atoms with Crippen molar-refractivity contribution in [1.82, 2.24) is 4.90 Å². The summed E-state index contributed by atoms with van der Waals surface area (Å²) in [6.07, 6.45) is -5.69. The van der Waals surface area contributed by atoms with Gasteiger partial charge in [0.15, 0.2) is 12.6 Å². The van der Waals surface area contributed by atoms with Gasteiger partial charge >= 0.3 is 5.97 Å². The number of aliphatic hydroxyl groups is 5. The largest absolute Gasteiger partial charge is 0.459 e. The van der Waals surface area contributed by atoms with E-state index in [1.165, 1.54) is 14.0 Å². The zero-order valence-electron chi connectivity index (χ0n) is 38.2. The SMILES string of the molecule is CCC1OC(=O)[C@H](C)C(O[C@H]2C[C@@](C)(OC)[C@@H](O)[C@H](C)O2)[C@H](C)[C@@H](O[C@@H]2O[C@H](C)C[C@H](N(C)C)[C@H]2O)[C@](C)(O)C[C@@H](C)/C(=N\OCCCCCCN)[C@H](C)[C@@H](O)[C@]1(C)O. The molecule has 7 N–H and O–H groups in total. The zero-order chi connectivity index (χ0) is 44.6. The lowest BCUT2D eigenvalue weighted by molar-refractivity contribution is -0.317. The molecule has 346 valence electrons. The van der Waals surface area contributed by atoms with Gasteiger partial charge in [-0.3, -0.25) is 4.79 Å². The Morgan fingerprint density at radius 3 is 2.14 bits per heavy atom. The van der Waals surface area contributed by atoms with Crippen molar-refractivity contribution in [3.05, 3.63) is 0 Å². The highest BCUT2D eigenvalue weighted by molar-refractivity contribution is 5.88. The van der Waals surface area contributed by atoms with Gasteiger partial charge < -0.3 is 69.4 Å². The summed E-state index contributed by atoms with van der Waals surface area (Å²) in [6, 6.07) is -0.315. The number of ether oxygens (including phenoxy) is 6. The van der Waals surface area contributed by atoms with Crippen LogP contribution < -0.4 is 5.73 Å². The van der Waals surface area contributed by atoms with Gasteiger partial charge in [0, 0.05) is 37.3 Å². The molecule has 59 heavy (non-hydrogen) atoms. The summed E-state index contributed by atoms with van der Waals surface area (Å²) in [6.45, 7) is 18.1. The fourth-order valence-corrected chi connectivity index (χ4v) is 9.38. The summed E-state index contributed by atoms with van der Waals surface area (Å²) >= 11 is 0. The van der Waals surface area contributed by atoms with Crippen molar-refractivity contribution < 1.29 is 63.6 Å². The highest BCUT2D eigenvalue weighted by Crippen LogP contribution is 2.41. The molecule has 3 aliphatic heterocycles. The Balaban J connectivity index is 2.20. The number of hydrogen-bond donors (Lipinski definition) is 6. The van der Waals surface area contributed by atoms with E-state index in [2.05, 4.69) is 5.16 Å². The molecule has 2 unspecified atom stereocenters. The van der Waals surface area contributed by atoms with Gasteiger partial charge in [-0.25, -0.2) is 0 Å². The molecule has 0 aromatic rings. The van der Waals surface area contributed by atoms with E-state index >= 15 is 0 Å². The Labute approximate surface area is 353 Å². The molecule has 16 heteroatoms. The third-order valence-electron chi connectivity index (χ3n) is 13.2. The summed E-state index contributed by atoms with van der Waals surface area (Å²) in [7, 11) is 5.25. The lowest BCUT2D eigenvalue weighted by Gasteiger charge is -2.49. The first kappa shape index (κ1) is 51.8. The second kappa shape index (κ2) is 22.2. The lowest BCUT2D eigenvalue weighted by Crippen LogP contribution is -2.61. The molecule has 16 nitrogen and oxygen atoms in total. The first-order valence-electron chi connectivity index (χ1n) is 21.9. The maximum Gasteiger partial charge on any atom is 0.311 e. The number of aliphatic hydroxyl groups excluding tert-OH is 3. The Morgan fingerprint density at radius 2 is 1.54 bits per heavy atom. The molecule has 0 aromatic heterocycles. The molecule has 18 atom stereocenters. The molecule has 3 fully saturated rings. The normalized spacial score (nSPS) is 45.3. The minimum atomic E-state index is -1.93. The number of carbonyl (C=O) groups excluding carboxylic acids is 1. The molecule has 3 saturated heterocycles. The standard InChI is InChI=1S/C43H81N3O13/c1-14-31-43(10,52)36(48)26(4)33(45-54-20-18-16-15-17-19-44)24(2)22-41(8,51)38(59-40-34(47)30(46(11)12)21-25(3)55-40)27(5)35(28(6)39(50)57-31)58-32-23-42(9,53-13)37(49)29(7)56-32/h24-32,34-38,40,47-49,51-52H,14-23,44H2,1-13H3/b45-33+/t24-,25-,26+,27+,28-,29+,30+,31?,32+,34-,35?,36-,37+,38-,40+,41-,42-,43-/m1/s1. The van der Waals surface area contributed by atoms with Crippen LogP contribution in [0.3, 0.4) is 0 Å². The molecule has 0 spiro atoms. The van der Waals surface area contributed by atoms with Gasteiger partial charge in [0.1, 0.15) is 30.5 Å². The number of nitrogens with two attached hydrogens (primary N) is 1. The maximum absolute atomic E-state index is 14.4. The molecule has 3 aliphatic rings. The van der Waals surface area contributed by atoms with Crippen molar-refractivity contribution in [1.29, 1.82) is 0 Å². The fourth-order valence-electron chi connectivity index (χ4n) is 9.38. The van der Waals surface area contributed by atoms with E-state index in [1.54, 1.807) is 48.5 Å². The average molecular weight is 848 g/mol. The summed E-state index contributed by atoms with van der Waals surface area (Å²) in [4.78, 5) is 22.1. The van der Waals surface area contributed by atoms with Crippen molar-refractivity contribution >= 4 is 11.7 Å². The molecule has 0 aliphatic carbocycles. The summed E-state index contributed by atoms with van der Waals surface area (Å²) < 4.78 is 37.8. The predicted octanol–water partition coefficient (Wildman–Crippen LogP) is 3.11. The van der Waals surface area contributed by atoms with E-state index in [0.29, 0.717) is 25.3 Å². The highest BCUT2D eigenvalue weighted by atomic mass is 16.7. The monoisotopic (exact) mass is 848 g/mol. The molecule has 0 radical (unpaired) electrons. The lowest BCUT2D eigenvalue weighted by atomic mass is 9.73. The van der Waals surface area contributed by atoms with Crippen LogP contribution in [0.1, 0.15) is 121 Å². The van der Waals surface area contributed by atoms with Gasteiger partial charge in [-0.15, -0.1) is 0 Å². The minimum absolute atomic E-state index is 0.0169. The second-order valence-corrected chi connectivity index (χ2v) is 18.6. The number of rotatable bonds is 14.